The van der Waals surface area contributed by atoms with Gasteiger partial charge in [0.2, 0.25) is 0 Å². The fraction of sp³-hybridized carbons (Fsp3) is 0.0189. The van der Waals surface area contributed by atoms with Gasteiger partial charge in [-0.05, 0) is 92.4 Å². The molecule has 0 aromatic heterocycles. The van der Waals surface area contributed by atoms with Crippen LogP contribution in [0, 0.1) is 0 Å². The van der Waals surface area contributed by atoms with Gasteiger partial charge in [-0.25, -0.2) is 0 Å². The van der Waals surface area contributed by atoms with Crippen molar-refractivity contribution in [1.29, 1.82) is 0 Å². The molecule has 55 heavy (non-hydrogen) atoms. The zero-order valence-corrected chi connectivity index (χ0v) is 30.1. The van der Waals surface area contributed by atoms with Crippen molar-refractivity contribution in [2.24, 2.45) is 0 Å². The first kappa shape index (κ1) is 31.4. The third-order valence-corrected chi connectivity index (χ3v) is 11.5. The molecule has 1 aliphatic heterocycles. The number of hydrogen-bond donors (Lipinski definition) is 0. The summed E-state index contributed by atoms with van der Waals surface area (Å²) >= 11 is 0. The van der Waals surface area contributed by atoms with Gasteiger partial charge in [0, 0.05) is 27.9 Å². The number of ether oxygens (including phenoxy) is 1. The van der Waals surface area contributed by atoms with Gasteiger partial charge in [0.05, 0.1) is 11.1 Å². The van der Waals surface area contributed by atoms with Crippen LogP contribution in [0.4, 0.5) is 17.1 Å². The maximum atomic E-state index is 6.86. The lowest BCUT2D eigenvalue weighted by Gasteiger charge is -2.39. The van der Waals surface area contributed by atoms with Gasteiger partial charge < -0.3 is 9.64 Å². The molecule has 2 heteroatoms. The zero-order valence-electron chi connectivity index (χ0n) is 30.1. The van der Waals surface area contributed by atoms with Gasteiger partial charge in [-0.15, -0.1) is 0 Å². The minimum Gasteiger partial charge on any atom is -0.457 e. The quantitative estimate of drug-likeness (QED) is 0.177. The van der Waals surface area contributed by atoms with Crippen LogP contribution < -0.4 is 9.64 Å². The van der Waals surface area contributed by atoms with Crippen LogP contribution >= 0.6 is 0 Å². The predicted molar refractivity (Wildman–Crippen MR) is 227 cm³/mol. The molecule has 1 heterocycles. The van der Waals surface area contributed by atoms with E-state index in [-0.39, 0.29) is 0 Å². The monoisotopic (exact) mass is 701 g/mol. The summed E-state index contributed by atoms with van der Waals surface area (Å²) < 4.78 is 6.86. The molecule has 0 fully saturated rings. The number of benzene rings is 9. The summed E-state index contributed by atoms with van der Waals surface area (Å²) in [5.41, 5.74) is 15.0. The second-order valence-corrected chi connectivity index (χ2v) is 14.4. The molecule has 0 bridgehead atoms. The number of anilines is 3. The van der Waals surface area contributed by atoms with Gasteiger partial charge in [-0.3, -0.25) is 0 Å². The van der Waals surface area contributed by atoms with Crippen LogP contribution in [-0.2, 0) is 5.41 Å². The van der Waals surface area contributed by atoms with Crippen LogP contribution in [0.25, 0.3) is 44.2 Å². The molecule has 258 valence electrons. The molecule has 0 unspecified atom stereocenters. The minimum absolute atomic E-state index is 0.477. The van der Waals surface area contributed by atoms with Gasteiger partial charge in [-0.2, -0.15) is 0 Å². The Labute approximate surface area is 321 Å². The summed E-state index contributed by atoms with van der Waals surface area (Å²) in [7, 11) is 0. The van der Waals surface area contributed by atoms with Crippen LogP contribution in [0.1, 0.15) is 22.3 Å². The molecule has 2 nitrogen and oxygen atoms in total. The van der Waals surface area contributed by atoms with Crippen LogP contribution in [0.2, 0.25) is 0 Å². The van der Waals surface area contributed by atoms with Crippen LogP contribution in [0.3, 0.4) is 0 Å². The van der Waals surface area contributed by atoms with E-state index in [2.05, 4.69) is 217 Å². The molecule has 0 radical (unpaired) electrons. The molecule has 11 rings (SSSR count). The molecular weight excluding hydrogens is 667 g/mol. The zero-order chi connectivity index (χ0) is 36.3. The van der Waals surface area contributed by atoms with E-state index in [0.29, 0.717) is 0 Å². The topological polar surface area (TPSA) is 12.5 Å². The van der Waals surface area contributed by atoms with E-state index < -0.39 is 5.41 Å². The Morgan fingerprint density at radius 3 is 1.71 bits per heavy atom. The summed E-state index contributed by atoms with van der Waals surface area (Å²) in [4.78, 5) is 2.38. The lowest BCUT2D eigenvalue weighted by atomic mass is 9.66. The average Bonchev–Trinajstić information content (AvgIpc) is 3.55. The highest BCUT2D eigenvalue weighted by Gasteiger charge is 2.50. The van der Waals surface area contributed by atoms with Crippen LogP contribution in [0.5, 0.6) is 11.5 Å². The summed E-state index contributed by atoms with van der Waals surface area (Å²) in [6.07, 6.45) is 0. The van der Waals surface area contributed by atoms with Crippen molar-refractivity contribution in [1.82, 2.24) is 0 Å². The SMILES string of the molecule is c1ccc(-c2ccc(N(c3cccc(-c4ccc5c(c4)Oc4ccccc4C54c5ccccc5-c5ccccc54)c3)c3cccc4ccccc34)cc2)cc1. The molecule has 0 N–H and O–H groups in total. The number of para-hydroxylation sites is 1. The summed E-state index contributed by atoms with van der Waals surface area (Å²) in [5.74, 6) is 1.78. The third-order valence-electron chi connectivity index (χ3n) is 11.5. The second-order valence-electron chi connectivity index (χ2n) is 14.4. The van der Waals surface area contributed by atoms with Gasteiger partial charge in [0.1, 0.15) is 11.5 Å². The van der Waals surface area contributed by atoms with Crippen molar-refractivity contribution in [2.75, 3.05) is 4.90 Å². The Bertz CT molecular complexity index is 2860. The largest absolute Gasteiger partial charge is 0.457 e. The lowest BCUT2D eigenvalue weighted by molar-refractivity contribution is 0.436. The summed E-state index contributed by atoms with van der Waals surface area (Å²) in [6, 6.07) is 76.7. The molecule has 0 saturated heterocycles. The number of hydrogen-bond acceptors (Lipinski definition) is 2. The standard InChI is InChI=1S/C53H35NO/c1-2-14-36(15-3-1)37-28-31-41(32-29-37)54(50-26-13-17-38-16-4-5-20-43(38)50)42-19-12-18-39(34-42)40-30-33-49-52(35-40)55-51-27-11-10-25-48(51)53(49)46-23-8-6-21-44(46)45-22-7-9-24-47(45)53/h1-35H. The van der Waals surface area contributed by atoms with E-state index in [1.807, 2.05) is 0 Å². The highest BCUT2D eigenvalue weighted by atomic mass is 16.5. The van der Waals surface area contributed by atoms with Crippen LogP contribution in [0.15, 0.2) is 212 Å². The normalized spacial score (nSPS) is 13.0. The van der Waals surface area contributed by atoms with Gasteiger partial charge in [0.15, 0.2) is 0 Å². The maximum Gasteiger partial charge on any atom is 0.132 e. The van der Waals surface area contributed by atoms with Crippen molar-refractivity contribution in [3.63, 3.8) is 0 Å². The highest BCUT2D eigenvalue weighted by Crippen LogP contribution is 2.62. The average molecular weight is 702 g/mol. The van der Waals surface area contributed by atoms with Gasteiger partial charge >= 0.3 is 0 Å². The van der Waals surface area contributed by atoms with E-state index in [4.69, 9.17) is 4.74 Å². The third kappa shape index (κ3) is 4.82. The van der Waals surface area contributed by atoms with Crippen molar-refractivity contribution in [3.05, 3.63) is 235 Å². The number of nitrogens with zero attached hydrogens (tertiary/aromatic N) is 1. The van der Waals surface area contributed by atoms with Gasteiger partial charge in [-0.1, -0.05) is 170 Å². The smallest absolute Gasteiger partial charge is 0.132 e. The fourth-order valence-electron chi connectivity index (χ4n) is 9.13. The number of rotatable bonds is 5. The minimum atomic E-state index is -0.477. The molecule has 0 saturated carbocycles. The van der Waals surface area contributed by atoms with Crippen LogP contribution in [-0.4, -0.2) is 0 Å². The molecular formula is C53H35NO. The summed E-state index contributed by atoms with van der Waals surface area (Å²) in [5, 5.41) is 2.41. The first-order valence-corrected chi connectivity index (χ1v) is 18.9. The lowest BCUT2D eigenvalue weighted by Crippen LogP contribution is -2.32. The predicted octanol–water partition coefficient (Wildman–Crippen LogP) is 14.1. The van der Waals surface area contributed by atoms with Crippen molar-refractivity contribution in [2.45, 2.75) is 5.41 Å². The highest BCUT2D eigenvalue weighted by molar-refractivity contribution is 5.99. The molecule has 0 amide bonds. The Balaban J connectivity index is 1.06. The summed E-state index contributed by atoms with van der Waals surface area (Å²) in [6.45, 7) is 0. The van der Waals surface area contributed by atoms with Crippen molar-refractivity contribution in [3.8, 4) is 44.9 Å². The first-order chi connectivity index (χ1) is 27.3. The first-order valence-electron chi connectivity index (χ1n) is 18.9. The van der Waals surface area contributed by atoms with E-state index in [1.165, 1.54) is 55.3 Å². The Morgan fingerprint density at radius 2 is 0.909 bits per heavy atom. The Hall–Kier alpha value is -7.16. The van der Waals surface area contributed by atoms with Crippen molar-refractivity contribution >= 4 is 27.8 Å². The van der Waals surface area contributed by atoms with Crippen molar-refractivity contribution < 1.29 is 4.74 Å². The molecule has 9 aromatic rings. The molecule has 9 aromatic carbocycles. The Morgan fingerprint density at radius 1 is 0.345 bits per heavy atom. The van der Waals surface area contributed by atoms with E-state index >= 15 is 0 Å². The second kappa shape index (κ2) is 12.5. The number of fused-ring (bicyclic) bond motifs is 10. The molecule has 1 aliphatic carbocycles. The Kier molecular flexibility index (Phi) is 7.11. The van der Waals surface area contributed by atoms with E-state index in [0.717, 1.165) is 39.7 Å². The molecule has 0 atom stereocenters. The molecule has 2 aliphatic rings. The van der Waals surface area contributed by atoms with E-state index in [9.17, 15) is 0 Å². The maximum absolute atomic E-state index is 6.86. The van der Waals surface area contributed by atoms with Gasteiger partial charge in [0.25, 0.3) is 0 Å². The molecule has 1 spiro atoms. The fourth-order valence-corrected chi connectivity index (χ4v) is 9.13. The van der Waals surface area contributed by atoms with E-state index in [1.54, 1.807) is 0 Å².